The summed E-state index contributed by atoms with van der Waals surface area (Å²) in [7, 11) is 0. The molecule has 0 amide bonds. The van der Waals surface area contributed by atoms with Gasteiger partial charge in [-0.15, -0.1) is 0 Å². The number of halogens is 1. The third-order valence-corrected chi connectivity index (χ3v) is 3.92. The van der Waals surface area contributed by atoms with Crippen molar-refractivity contribution in [3.63, 3.8) is 0 Å². The van der Waals surface area contributed by atoms with E-state index in [1.54, 1.807) is 19.1 Å². The van der Waals surface area contributed by atoms with Crippen molar-refractivity contribution in [2.45, 2.75) is 26.2 Å². The third-order valence-electron chi connectivity index (χ3n) is 2.52. The maximum absolute atomic E-state index is 10.8. The molecular formula is C11H14BrNO2. The molecular weight excluding hydrogens is 258 g/mol. The Bertz CT molecular complexity index is 388. The Hall–Kier alpha value is -0.900. The molecule has 0 N–H and O–H groups in total. The van der Waals surface area contributed by atoms with E-state index in [9.17, 15) is 10.1 Å². The minimum absolute atomic E-state index is 0.0849. The number of aryl methyl sites for hydroxylation is 1. The zero-order valence-electron chi connectivity index (χ0n) is 9.08. The molecule has 0 aromatic heterocycles. The highest BCUT2D eigenvalue weighted by Gasteiger charge is 2.22. The number of nitro groups is 1. The van der Waals surface area contributed by atoms with E-state index < -0.39 is 0 Å². The van der Waals surface area contributed by atoms with Gasteiger partial charge in [-0.25, -0.2) is 0 Å². The number of hydrogen-bond donors (Lipinski definition) is 0. The Labute approximate surface area is 97.8 Å². The van der Waals surface area contributed by atoms with E-state index >= 15 is 0 Å². The van der Waals surface area contributed by atoms with E-state index in [2.05, 4.69) is 29.8 Å². The van der Waals surface area contributed by atoms with Crippen LogP contribution in [-0.2, 0) is 5.41 Å². The van der Waals surface area contributed by atoms with Crippen LogP contribution in [0.5, 0.6) is 0 Å². The Balaban J connectivity index is 3.25. The van der Waals surface area contributed by atoms with Crippen LogP contribution < -0.4 is 0 Å². The summed E-state index contributed by atoms with van der Waals surface area (Å²) in [5, 5.41) is 11.6. The van der Waals surface area contributed by atoms with Crippen molar-refractivity contribution in [2.24, 2.45) is 0 Å². The van der Waals surface area contributed by atoms with Crippen LogP contribution in [0, 0.1) is 17.0 Å². The van der Waals surface area contributed by atoms with Gasteiger partial charge in [0.15, 0.2) is 0 Å². The molecule has 0 aliphatic rings. The minimum atomic E-state index is -0.330. The first-order valence-corrected chi connectivity index (χ1v) is 5.82. The molecule has 1 aromatic rings. The van der Waals surface area contributed by atoms with Gasteiger partial charge in [-0.3, -0.25) is 10.1 Å². The maximum atomic E-state index is 10.8. The second kappa shape index (κ2) is 4.31. The zero-order chi connectivity index (χ0) is 11.6. The highest BCUT2D eigenvalue weighted by molar-refractivity contribution is 9.09. The van der Waals surface area contributed by atoms with Crippen LogP contribution in [-0.4, -0.2) is 10.3 Å². The van der Waals surface area contributed by atoms with E-state index in [1.807, 2.05) is 6.07 Å². The summed E-state index contributed by atoms with van der Waals surface area (Å²) in [6.07, 6.45) is 0. The topological polar surface area (TPSA) is 43.1 Å². The van der Waals surface area contributed by atoms with Gasteiger partial charge in [-0.2, -0.15) is 0 Å². The Morgan fingerprint density at radius 2 is 2.07 bits per heavy atom. The van der Waals surface area contributed by atoms with Crippen LogP contribution in [0.4, 0.5) is 5.69 Å². The molecule has 4 heteroatoms. The first-order chi connectivity index (χ1) is 6.88. The Morgan fingerprint density at radius 1 is 1.47 bits per heavy atom. The summed E-state index contributed by atoms with van der Waals surface area (Å²) >= 11 is 3.42. The lowest BCUT2D eigenvalue weighted by Gasteiger charge is -2.22. The predicted octanol–water partition coefficient (Wildman–Crippen LogP) is 3.58. The van der Waals surface area contributed by atoms with Crippen LogP contribution in [0.25, 0.3) is 0 Å². The highest BCUT2D eigenvalue weighted by Crippen LogP contribution is 2.29. The standard InChI is InChI=1S/C11H14BrNO2/c1-8-4-5-9(11(2,3)7-12)6-10(8)13(14)15/h4-6H,7H2,1-3H3. The molecule has 0 aliphatic carbocycles. The van der Waals surface area contributed by atoms with Gasteiger partial charge in [0, 0.05) is 17.0 Å². The van der Waals surface area contributed by atoms with Gasteiger partial charge in [0.1, 0.15) is 0 Å². The molecule has 15 heavy (non-hydrogen) atoms. The Kier molecular flexibility index (Phi) is 3.50. The molecule has 0 spiro atoms. The first kappa shape index (κ1) is 12.2. The van der Waals surface area contributed by atoms with Gasteiger partial charge in [0.25, 0.3) is 5.69 Å². The average molecular weight is 272 g/mol. The molecule has 0 bridgehead atoms. The summed E-state index contributed by atoms with van der Waals surface area (Å²) in [6.45, 7) is 5.86. The smallest absolute Gasteiger partial charge is 0.258 e. The Morgan fingerprint density at radius 3 is 2.53 bits per heavy atom. The molecule has 1 aromatic carbocycles. The SMILES string of the molecule is Cc1ccc(C(C)(C)CBr)cc1[N+](=O)[O-]. The molecule has 0 saturated carbocycles. The predicted molar refractivity (Wildman–Crippen MR) is 64.7 cm³/mol. The summed E-state index contributed by atoms with van der Waals surface area (Å²) < 4.78 is 0. The highest BCUT2D eigenvalue weighted by atomic mass is 79.9. The van der Waals surface area contributed by atoms with Gasteiger partial charge in [0.2, 0.25) is 0 Å². The number of nitro benzene ring substituents is 1. The number of nitrogens with zero attached hydrogens (tertiary/aromatic N) is 1. The largest absolute Gasteiger partial charge is 0.272 e. The summed E-state index contributed by atoms with van der Waals surface area (Å²) in [5.41, 5.74) is 1.80. The second-order valence-corrected chi connectivity index (χ2v) is 4.84. The summed E-state index contributed by atoms with van der Waals surface area (Å²) in [4.78, 5) is 10.5. The normalized spacial score (nSPS) is 11.5. The van der Waals surface area contributed by atoms with E-state index in [4.69, 9.17) is 0 Å². The van der Waals surface area contributed by atoms with Crippen LogP contribution in [0.3, 0.4) is 0 Å². The van der Waals surface area contributed by atoms with Gasteiger partial charge in [0.05, 0.1) is 4.92 Å². The van der Waals surface area contributed by atoms with Crippen LogP contribution in [0.2, 0.25) is 0 Å². The molecule has 0 atom stereocenters. The molecule has 1 rings (SSSR count). The van der Waals surface area contributed by atoms with Crippen molar-refractivity contribution in [1.29, 1.82) is 0 Å². The number of rotatable bonds is 3. The number of benzene rings is 1. The second-order valence-electron chi connectivity index (χ2n) is 4.28. The van der Waals surface area contributed by atoms with Crippen molar-refractivity contribution < 1.29 is 4.92 Å². The van der Waals surface area contributed by atoms with Gasteiger partial charge in [-0.05, 0) is 17.9 Å². The van der Waals surface area contributed by atoms with Crippen molar-refractivity contribution in [1.82, 2.24) is 0 Å². The third kappa shape index (κ3) is 2.56. The minimum Gasteiger partial charge on any atom is -0.258 e. The lowest BCUT2D eigenvalue weighted by atomic mass is 9.86. The lowest BCUT2D eigenvalue weighted by Crippen LogP contribution is -2.18. The molecule has 0 saturated heterocycles. The fourth-order valence-electron chi connectivity index (χ4n) is 1.30. The van der Waals surface area contributed by atoms with E-state index in [0.717, 1.165) is 10.9 Å². The van der Waals surface area contributed by atoms with Crippen LogP contribution >= 0.6 is 15.9 Å². The maximum Gasteiger partial charge on any atom is 0.272 e. The summed E-state index contributed by atoms with van der Waals surface area (Å²) in [5.74, 6) is 0. The molecule has 3 nitrogen and oxygen atoms in total. The van der Waals surface area contributed by atoms with E-state index in [0.29, 0.717) is 5.56 Å². The average Bonchev–Trinajstić information content (AvgIpc) is 2.17. The fourth-order valence-corrected chi connectivity index (χ4v) is 1.63. The van der Waals surface area contributed by atoms with Crippen LogP contribution in [0.15, 0.2) is 18.2 Å². The van der Waals surface area contributed by atoms with Gasteiger partial charge < -0.3 is 0 Å². The van der Waals surface area contributed by atoms with E-state index in [-0.39, 0.29) is 16.0 Å². The van der Waals surface area contributed by atoms with Crippen molar-refractivity contribution in [3.05, 3.63) is 39.4 Å². The number of hydrogen-bond acceptors (Lipinski definition) is 2. The lowest BCUT2D eigenvalue weighted by molar-refractivity contribution is -0.385. The molecule has 0 unspecified atom stereocenters. The van der Waals surface area contributed by atoms with Crippen molar-refractivity contribution in [3.8, 4) is 0 Å². The van der Waals surface area contributed by atoms with Crippen LogP contribution in [0.1, 0.15) is 25.0 Å². The van der Waals surface area contributed by atoms with Crippen molar-refractivity contribution in [2.75, 3.05) is 5.33 Å². The van der Waals surface area contributed by atoms with Gasteiger partial charge >= 0.3 is 0 Å². The van der Waals surface area contributed by atoms with E-state index in [1.165, 1.54) is 0 Å². The van der Waals surface area contributed by atoms with Gasteiger partial charge in [-0.1, -0.05) is 41.9 Å². The number of alkyl halides is 1. The fraction of sp³-hybridized carbons (Fsp3) is 0.455. The first-order valence-electron chi connectivity index (χ1n) is 4.70. The van der Waals surface area contributed by atoms with Crippen molar-refractivity contribution >= 4 is 21.6 Å². The molecule has 0 radical (unpaired) electrons. The molecule has 0 fully saturated rings. The molecule has 0 heterocycles. The molecule has 0 aliphatic heterocycles. The molecule has 82 valence electrons. The quantitative estimate of drug-likeness (QED) is 0.479. The monoisotopic (exact) mass is 271 g/mol. The zero-order valence-corrected chi connectivity index (χ0v) is 10.7. The summed E-state index contributed by atoms with van der Waals surface area (Å²) in [6, 6.07) is 5.41.